The van der Waals surface area contributed by atoms with Gasteiger partial charge >= 0.3 is 5.97 Å². The van der Waals surface area contributed by atoms with E-state index in [-0.39, 0.29) is 18.0 Å². The lowest BCUT2D eigenvalue weighted by molar-refractivity contribution is -0.139. The number of carbonyl (C=O) groups excluding carboxylic acids is 1. The van der Waals surface area contributed by atoms with Gasteiger partial charge < -0.3 is 15.2 Å². The molecule has 5 nitrogen and oxygen atoms in total. The smallest absolute Gasteiger partial charge is 0.341 e. The fourth-order valence-electron chi connectivity index (χ4n) is 2.88. The second-order valence-corrected chi connectivity index (χ2v) is 6.13. The number of nitrogens with one attached hydrogen (secondary N) is 1. The first-order valence-corrected chi connectivity index (χ1v) is 8.11. The Bertz CT molecular complexity index is 820. The number of hydrogen-bond donors (Lipinski definition) is 2. The van der Waals surface area contributed by atoms with Crippen molar-refractivity contribution in [3.63, 3.8) is 0 Å². The third-order valence-corrected chi connectivity index (χ3v) is 4.23. The van der Waals surface area contributed by atoms with E-state index in [1.54, 1.807) is 24.3 Å². The van der Waals surface area contributed by atoms with E-state index >= 15 is 0 Å². The van der Waals surface area contributed by atoms with Crippen LogP contribution in [0.3, 0.4) is 0 Å². The summed E-state index contributed by atoms with van der Waals surface area (Å²) in [5.41, 5.74) is 0.701. The zero-order valence-electron chi connectivity index (χ0n) is 13.7. The fraction of sp³-hybridized carbons (Fsp3) is 0.263. The minimum atomic E-state index is -1.08. The van der Waals surface area contributed by atoms with Crippen LogP contribution >= 0.6 is 0 Å². The van der Waals surface area contributed by atoms with E-state index in [0.717, 1.165) is 5.56 Å². The zero-order valence-corrected chi connectivity index (χ0v) is 13.7. The third-order valence-electron chi connectivity index (χ3n) is 4.23. The van der Waals surface area contributed by atoms with Crippen molar-refractivity contribution in [3.8, 4) is 5.75 Å². The topological polar surface area (TPSA) is 75.6 Å². The van der Waals surface area contributed by atoms with Crippen LogP contribution < -0.4 is 10.1 Å². The number of carboxylic acids is 1. The Kier molecular flexibility index (Phi) is 5.16. The van der Waals surface area contributed by atoms with E-state index in [1.807, 2.05) is 0 Å². The lowest BCUT2D eigenvalue weighted by Crippen LogP contribution is -2.25. The molecule has 2 aromatic rings. The predicted octanol–water partition coefficient (Wildman–Crippen LogP) is 2.85. The SMILES string of the molecule is O=C(O)COc1cccc(CNC(=O)[C@@H]2C[C@H]2c2c(F)cccc2F)c1. The molecule has 7 heteroatoms. The number of ether oxygens (including phenoxy) is 1. The summed E-state index contributed by atoms with van der Waals surface area (Å²) in [6.45, 7) is -0.236. The Morgan fingerprint density at radius 3 is 2.54 bits per heavy atom. The van der Waals surface area contributed by atoms with Crippen LogP contribution in [-0.4, -0.2) is 23.6 Å². The highest BCUT2D eigenvalue weighted by molar-refractivity contribution is 5.82. The molecule has 2 aromatic carbocycles. The van der Waals surface area contributed by atoms with Crippen molar-refractivity contribution in [1.29, 1.82) is 0 Å². The summed E-state index contributed by atoms with van der Waals surface area (Å²) < 4.78 is 32.6. The summed E-state index contributed by atoms with van der Waals surface area (Å²) in [7, 11) is 0. The van der Waals surface area contributed by atoms with Crippen molar-refractivity contribution in [2.24, 2.45) is 5.92 Å². The Morgan fingerprint density at radius 2 is 1.85 bits per heavy atom. The standard InChI is InChI=1S/C19H17F2NO4/c20-15-5-2-6-16(21)18(15)13-8-14(13)19(25)22-9-11-3-1-4-12(7-11)26-10-17(23)24/h1-7,13-14H,8-10H2,(H,22,25)(H,23,24)/t13-,14-/m1/s1. The highest BCUT2D eigenvalue weighted by Gasteiger charge is 2.46. The highest BCUT2D eigenvalue weighted by atomic mass is 19.1. The molecule has 2 atom stereocenters. The maximum Gasteiger partial charge on any atom is 0.341 e. The Hall–Kier alpha value is -2.96. The Balaban J connectivity index is 1.55. The van der Waals surface area contributed by atoms with E-state index in [9.17, 15) is 18.4 Å². The molecule has 0 heterocycles. The van der Waals surface area contributed by atoms with Gasteiger partial charge in [-0.25, -0.2) is 13.6 Å². The molecule has 1 amide bonds. The number of rotatable bonds is 7. The summed E-state index contributed by atoms with van der Waals surface area (Å²) in [5.74, 6) is -3.12. The molecule has 0 spiro atoms. The molecule has 0 aliphatic heterocycles. The maximum absolute atomic E-state index is 13.8. The highest BCUT2D eigenvalue weighted by Crippen LogP contribution is 2.49. The summed E-state index contributed by atoms with van der Waals surface area (Å²) in [6, 6.07) is 10.4. The van der Waals surface area contributed by atoms with Gasteiger partial charge in [-0.05, 0) is 36.2 Å². The van der Waals surface area contributed by atoms with Crippen LogP contribution in [0.15, 0.2) is 42.5 Å². The minimum Gasteiger partial charge on any atom is -0.482 e. The molecule has 1 fully saturated rings. The molecule has 0 radical (unpaired) electrons. The number of hydrogen-bond acceptors (Lipinski definition) is 3. The first-order chi connectivity index (χ1) is 12.5. The summed E-state index contributed by atoms with van der Waals surface area (Å²) in [4.78, 5) is 22.7. The molecule has 0 bridgehead atoms. The van der Waals surface area contributed by atoms with Crippen LogP contribution in [-0.2, 0) is 16.1 Å². The van der Waals surface area contributed by atoms with Crippen molar-refractivity contribution in [2.45, 2.75) is 18.9 Å². The number of benzene rings is 2. The molecular formula is C19H17F2NO4. The van der Waals surface area contributed by atoms with Gasteiger partial charge in [-0.3, -0.25) is 4.79 Å². The van der Waals surface area contributed by atoms with Gasteiger partial charge in [0.25, 0.3) is 0 Å². The molecule has 0 aromatic heterocycles. The van der Waals surface area contributed by atoms with E-state index in [0.29, 0.717) is 12.2 Å². The van der Waals surface area contributed by atoms with Crippen molar-refractivity contribution in [2.75, 3.05) is 6.61 Å². The van der Waals surface area contributed by atoms with E-state index in [4.69, 9.17) is 9.84 Å². The number of halogens is 2. The number of carbonyl (C=O) groups is 2. The van der Waals surface area contributed by atoms with Crippen LogP contribution in [0.4, 0.5) is 8.78 Å². The van der Waals surface area contributed by atoms with Crippen LogP contribution in [0, 0.1) is 17.6 Å². The lowest BCUT2D eigenvalue weighted by Gasteiger charge is -2.08. The molecule has 3 rings (SSSR count). The monoisotopic (exact) mass is 361 g/mol. The normalized spacial score (nSPS) is 18.2. The molecule has 2 N–H and O–H groups in total. The summed E-state index contributed by atoms with van der Waals surface area (Å²) in [5, 5.41) is 11.3. The molecule has 26 heavy (non-hydrogen) atoms. The van der Waals surface area contributed by atoms with Crippen molar-refractivity contribution in [1.82, 2.24) is 5.32 Å². The van der Waals surface area contributed by atoms with Crippen molar-refractivity contribution in [3.05, 3.63) is 65.2 Å². The fourth-order valence-corrected chi connectivity index (χ4v) is 2.88. The van der Waals surface area contributed by atoms with Gasteiger partial charge in [0.05, 0.1) is 0 Å². The van der Waals surface area contributed by atoms with Crippen molar-refractivity contribution < 1.29 is 28.2 Å². The molecule has 0 saturated heterocycles. The van der Waals surface area contributed by atoms with E-state index in [1.165, 1.54) is 18.2 Å². The summed E-state index contributed by atoms with van der Waals surface area (Å²) in [6.07, 6.45) is 0.408. The molecule has 0 unspecified atom stereocenters. The molecule has 1 saturated carbocycles. The first-order valence-electron chi connectivity index (χ1n) is 8.11. The van der Waals surface area contributed by atoms with Gasteiger partial charge in [-0.15, -0.1) is 0 Å². The predicted molar refractivity (Wildman–Crippen MR) is 88.6 cm³/mol. The summed E-state index contributed by atoms with van der Waals surface area (Å²) >= 11 is 0. The number of aliphatic carboxylic acids is 1. The van der Waals surface area contributed by atoms with E-state index < -0.39 is 36.0 Å². The minimum absolute atomic E-state index is 0.0308. The maximum atomic E-state index is 13.8. The molecule has 1 aliphatic carbocycles. The largest absolute Gasteiger partial charge is 0.482 e. The van der Waals surface area contributed by atoms with Gasteiger partial charge in [0.2, 0.25) is 5.91 Å². The number of amides is 1. The van der Waals surface area contributed by atoms with E-state index in [2.05, 4.69) is 5.32 Å². The van der Waals surface area contributed by atoms with Crippen LogP contribution in [0.2, 0.25) is 0 Å². The molecular weight excluding hydrogens is 344 g/mol. The van der Waals surface area contributed by atoms with Gasteiger partial charge in [-0.1, -0.05) is 18.2 Å². The van der Waals surface area contributed by atoms with Crippen molar-refractivity contribution >= 4 is 11.9 Å². The van der Waals surface area contributed by atoms with Gasteiger partial charge in [0, 0.05) is 23.9 Å². The van der Waals surface area contributed by atoms with Crippen LogP contribution in [0.25, 0.3) is 0 Å². The van der Waals surface area contributed by atoms with Crippen LogP contribution in [0.5, 0.6) is 5.75 Å². The quantitative estimate of drug-likeness (QED) is 0.795. The third kappa shape index (κ3) is 4.17. The molecule has 136 valence electrons. The molecule has 1 aliphatic rings. The number of carboxylic acid groups (broad SMARTS) is 1. The van der Waals surface area contributed by atoms with Gasteiger partial charge in [-0.2, -0.15) is 0 Å². The second kappa shape index (κ2) is 7.51. The second-order valence-electron chi connectivity index (χ2n) is 6.13. The van der Waals surface area contributed by atoms with Crippen LogP contribution in [0.1, 0.15) is 23.5 Å². The lowest BCUT2D eigenvalue weighted by atomic mass is 10.1. The van der Waals surface area contributed by atoms with Gasteiger partial charge in [0.1, 0.15) is 17.4 Å². The Morgan fingerprint density at radius 1 is 1.15 bits per heavy atom. The Labute approximate surface area is 148 Å². The average molecular weight is 361 g/mol. The first kappa shape index (κ1) is 17.8. The van der Waals surface area contributed by atoms with Gasteiger partial charge in [0.15, 0.2) is 6.61 Å². The zero-order chi connectivity index (χ0) is 18.7. The average Bonchev–Trinajstić information content (AvgIpc) is 3.38.